The number of amides is 1. The second-order valence-corrected chi connectivity index (χ2v) is 8.70. The van der Waals surface area contributed by atoms with E-state index in [-0.39, 0.29) is 33.4 Å². The summed E-state index contributed by atoms with van der Waals surface area (Å²) >= 11 is 0.828. The predicted molar refractivity (Wildman–Crippen MR) is 120 cm³/mol. The van der Waals surface area contributed by atoms with Crippen LogP contribution in [0.5, 0.6) is 0 Å². The van der Waals surface area contributed by atoms with Gasteiger partial charge in [0, 0.05) is 33.2 Å². The Kier molecular flexibility index (Phi) is 6.70. The normalized spacial score (nSPS) is 21.1. The molecule has 0 bridgehead atoms. The predicted octanol–water partition coefficient (Wildman–Crippen LogP) is 2.85. The molecule has 0 unspecified atom stereocenters. The number of carbonyl (C=O) groups excluding carboxylic acids is 1. The molecule has 0 spiro atoms. The Morgan fingerprint density at radius 3 is 2.79 bits per heavy atom. The highest BCUT2D eigenvalue weighted by atomic mass is 32.1. The van der Waals surface area contributed by atoms with Gasteiger partial charge in [-0.3, -0.25) is 9.48 Å². The van der Waals surface area contributed by atoms with E-state index in [4.69, 9.17) is 20.9 Å². The fourth-order valence-electron chi connectivity index (χ4n) is 3.86. The Balaban J connectivity index is 1.60. The number of methoxy groups -OCH3 is 1. The van der Waals surface area contributed by atoms with Crippen molar-refractivity contribution in [1.82, 2.24) is 14.8 Å². The second kappa shape index (κ2) is 9.51. The molecule has 2 aromatic heterocycles. The number of halogens is 2. The molecule has 1 aliphatic heterocycles. The van der Waals surface area contributed by atoms with E-state index in [0.717, 1.165) is 23.5 Å². The summed E-state index contributed by atoms with van der Waals surface area (Å²) in [4.78, 5) is 17.1. The standard InChI is InChI=1S/C21H24F2N6O3S/c1-29-18(15-8-14(31-2)12(24)6-7-32-15)13(9-26-29)27-20(30)17-19(25)33-21(28-17)16-10(22)4-3-5-11(16)23/h3-5,9,12,14-15H,6-8,24-25H2,1-2H3,(H,27,30)/t12-,14-,15+/m1/s1. The molecule has 1 fully saturated rings. The van der Waals surface area contributed by atoms with E-state index in [1.165, 1.54) is 12.3 Å². The van der Waals surface area contributed by atoms with Crippen LogP contribution in [0, 0.1) is 11.6 Å². The van der Waals surface area contributed by atoms with Gasteiger partial charge in [-0.2, -0.15) is 5.10 Å². The Hall–Kier alpha value is -2.93. The number of hydrogen-bond donors (Lipinski definition) is 3. The quantitative estimate of drug-likeness (QED) is 0.514. The van der Waals surface area contributed by atoms with Crippen LogP contribution < -0.4 is 16.8 Å². The summed E-state index contributed by atoms with van der Waals surface area (Å²) in [7, 11) is 3.33. The lowest BCUT2D eigenvalue weighted by Gasteiger charge is -2.22. The van der Waals surface area contributed by atoms with Crippen molar-refractivity contribution < 1.29 is 23.0 Å². The van der Waals surface area contributed by atoms with Crippen LogP contribution in [0.1, 0.15) is 35.1 Å². The van der Waals surface area contributed by atoms with Crippen LogP contribution in [-0.2, 0) is 16.5 Å². The highest BCUT2D eigenvalue weighted by molar-refractivity contribution is 7.19. The third kappa shape index (κ3) is 4.60. The molecule has 33 heavy (non-hydrogen) atoms. The first-order chi connectivity index (χ1) is 15.8. The fraction of sp³-hybridized carbons (Fsp3) is 0.381. The molecule has 1 saturated heterocycles. The van der Waals surface area contributed by atoms with Crippen molar-refractivity contribution in [3.05, 3.63) is 47.4 Å². The molecule has 0 radical (unpaired) electrons. The monoisotopic (exact) mass is 478 g/mol. The fourth-order valence-corrected chi connectivity index (χ4v) is 4.74. The molecule has 3 atom stereocenters. The molecule has 3 aromatic rings. The van der Waals surface area contributed by atoms with Crippen molar-refractivity contribution in [2.75, 3.05) is 24.8 Å². The second-order valence-electron chi connectivity index (χ2n) is 7.67. The zero-order valence-corrected chi connectivity index (χ0v) is 18.9. The number of anilines is 2. The maximum Gasteiger partial charge on any atom is 0.277 e. The first kappa shape index (κ1) is 23.2. The summed E-state index contributed by atoms with van der Waals surface area (Å²) in [6.45, 7) is 0.431. The Morgan fingerprint density at radius 2 is 2.09 bits per heavy atom. The number of rotatable bonds is 5. The third-order valence-corrected chi connectivity index (χ3v) is 6.48. The van der Waals surface area contributed by atoms with E-state index >= 15 is 0 Å². The number of ether oxygens (including phenoxy) is 2. The Morgan fingerprint density at radius 1 is 1.36 bits per heavy atom. The van der Waals surface area contributed by atoms with Gasteiger partial charge in [-0.15, -0.1) is 0 Å². The van der Waals surface area contributed by atoms with E-state index in [2.05, 4.69) is 15.4 Å². The molecule has 1 aliphatic rings. The molecule has 5 N–H and O–H groups in total. The lowest BCUT2D eigenvalue weighted by Crippen LogP contribution is -2.36. The smallest absolute Gasteiger partial charge is 0.277 e. The molecular weight excluding hydrogens is 454 g/mol. The number of nitrogens with zero attached hydrogens (tertiary/aromatic N) is 3. The number of thiazole rings is 1. The van der Waals surface area contributed by atoms with Crippen LogP contribution in [0.3, 0.4) is 0 Å². The summed E-state index contributed by atoms with van der Waals surface area (Å²) in [6.07, 6.45) is 1.98. The summed E-state index contributed by atoms with van der Waals surface area (Å²) in [5, 5.41) is 7.00. The number of nitrogen functional groups attached to an aromatic ring is 1. The zero-order chi connectivity index (χ0) is 23.7. The summed E-state index contributed by atoms with van der Waals surface area (Å²) in [5.74, 6) is -2.21. The number of benzene rings is 1. The van der Waals surface area contributed by atoms with E-state index in [9.17, 15) is 13.6 Å². The van der Waals surface area contributed by atoms with Gasteiger partial charge in [0.25, 0.3) is 5.91 Å². The van der Waals surface area contributed by atoms with Crippen LogP contribution >= 0.6 is 11.3 Å². The van der Waals surface area contributed by atoms with Crippen molar-refractivity contribution in [3.8, 4) is 10.6 Å². The van der Waals surface area contributed by atoms with Gasteiger partial charge < -0.3 is 26.3 Å². The third-order valence-electron chi connectivity index (χ3n) is 5.58. The molecular formula is C21H24F2N6O3S. The Labute approximate surface area is 192 Å². The molecule has 1 amide bonds. The van der Waals surface area contributed by atoms with Gasteiger partial charge >= 0.3 is 0 Å². The topological polar surface area (TPSA) is 130 Å². The average Bonchev–Trinajstić information content (AvgIpc) is 3.26. The number of nitrogens with one attached hydrogen (secondary N) is 1. The summed E-state index contributed by atoms with van der Waals surface area (Å²) in [6, 6.07) is 3.31. The first-order valence-corrected chi connectivity index (χ1v) is 11.1. The van der Waals surface area contributed by atoms with E-state index in [1.54, 1.807) is 18.8 Å². The van der Waals surface area contributed by atoms with E-state index in [1.807, 2.05) is 0 Å². The van der Waals surface area contributed by atoms with Crippen molar-refractivity contribution >= 4 is 27.9 Å². The zero-order valence-electron chi connectivity index (χ0n) is 18.0. The van der Waals surface area contributed by atoms with Crippen LogP contribution in [0.2, 0.25) is 0 Å². The van der Waals surface area contributed by atoms with Crippen LogP contribution in [0.15, 0.2) is 24.4 Å². The molecule has 12 heteroatoms. The van der Waals surface area contributed by atoms with Crippen molar-refractivity contribution in [2.45, 2.75) is 31.1 Å². The minimum Gasteiger partial charge on any atom is -0.389 e. The van der Waals surface area contributed by atoms with Crippen LogP contribution in [-0.4, -0.2) is 46.5 Å². The number of aromatic nitrogens is 3. The van der Waals surface area contributed by atoms with E-state index < -0.39 is 23.6 Å². The summed E-state index contributed by atoms with van der Waals surface area (Å²) < 4.78 is 41.4. The molecule has 0 aliphatic carbocycles. The molecule has 176 valence electrons. The van der Waals surface area contributed by atoms with Crippen molar-refractivity contribution in [2.24, 2.45) is 12.8 Å². The van der Waals surface area contributed by atoms with Crippen LogP contribution in [0.25, 0.3) is 10.6 Å². The van der Waals surface area contributed by atoms with Gasteiger partial charge in [0.2, 0.25) is 0 Å². The molecule has 3 heterocycles. The molecule has 4 rings (SSSR count). The average molecular weight is 479 g/mol. The molecule has 9 nitrogen and oxygen atoms in total. The lowest BCUT2D eigenvalue weighted by atomic mass is 10.0. The van der Waals surface area contributed by atoms with Crippen molar-refractivity contribution in [3.63, 3.8) is 0 Å². The van der Waals surface area contributed by atoms with Crippen LogP contribution in [0.4, 0.5) is 19.5 Å². The number of hydrogen-bond acceptors (Lipinski definition) is 8. The van der Waals surface area contributed by atoms with Gasteiger partial charge in [-0.1, -0.05) is 17.4 Å². The highest BCUT2D eigenvalue weighted by Crippen LogP contribution is 2.35. The van der Waals surface area contributed by atoms with E-state index in [0.29, 0.717) is 30.8 Å². The largest absolute Gasteiger partial charge is 0.389 e. The number of carbonyl (C=O) groups is 1. The maximum atomic E-state index is 14.1. The van der Waals surface area contributed by atoms with Crippen molar-refractivity contribution in [1.29, 1.82) is 0 Å². The first-order valence-electron chi connectivity index (χ1n) is 10.2. The van der Waals surface area contributed by atoms with Gasteiger partial charge in [0.05, 0.1) is 29.2 Å². The minimum absolute atomic E-state index is 0.0244. The summed E-state index contributed by atoms with van der Waals surface area (Å²) in [5.41, 5.74) is 12.7. The maximum absolute atomic E-state index is 14.1. The van der Waals surface area contributed by atoms with Gasteiger partial charge in [-0.05, 0) is 18.6 Å². The highest BCUT2D eigenvalue weighted by Gasteiger charge is 2.31. The number of nitrogens with two attached hydrogens (primary N) is 2. The number of aryl methyl sites for hydroxylation is 1. The van der Waals surface area contributed by atoms with Gasteiger partial charge in [0.1, 0.15) is 27.7 Å². The molecule has 1 aromatic carbocycles. The molecule has 0 saturated carbocycles. The van der Waals surface area contributed by atoms with Gasteiger partial charge in [-0.25, -0.2) is 13.8 Å². The minimum atomic E-state index is -0.790. The Bertz CT molecular complexity index is 1150. The van der Waals surface area contributed by atoms with Gasteiger partial charge in [0.15, 0.2) is 5.69 Å². The SMILES string of the molecule is CO[C@@H]1C[C@@H](c2c(NC(=O)c3nc(-c4c(F)cccc4F)sc3N)cnn2C)OCC[C@H]1N. The lowest BCUT2D eigenvalue weighted by molar-refractivity contribution is 0.0200.